The lowest BCUT2D eigenvalue weighted by Gasteiger charge is -2.47. The Labute approximate surface area is 160 Å². The standard InChI is InChI=1S/C19H29ClN4O2/c20-16-12-21-24(13-16)10-9-22-7-5-19(6-8-22)4-3-18(25)23(15-19)14-17-2-1-11-26-17/h12-13,17H,1-11,14-15H2/t17-/m0/s1. The Hall–Kier alpha value is -1.11. The summed E-state index contributed by atoms with van der Waals surface area (Å²) in [4.78, 5) is 17.0. The molecule has 0 radical (unpaired) electrons. The van der Waals surface area contributed by atoms with Crippen molar-refractivity contribution in [2.45, 2.75) is 51.2 Å². The minimum absolute atomic E-state index is 0.259. The molecule has 26 heavy (non-hydrogen) atoms. The van der Waals surface area contributed by atoms with E-state index in [0.717, 1.165) is 65.1 Å². The lowest BCUT2D eigenvalue weighted by atomic mass is 9.72. The van der Waals surface area contributed by atoms with Gasteiger partial charge in [-0.05, 0) is 50.6 Å². The number of hydrogen-bond donors (Lipinski definition) is 0. The molecule has 0 bridgehead atoms. The van der Waals surface area contributed by atoms with Gasteiger partial charge in [0.05, 0.1) is 23.9 Å². The van der Waals surface area contributed by atoms with E-state index in [4.69, 9.17) is 16.3 Å². The van der Waals surface area contributed by atoms with Crippen LogP contribution in [0.1, 0.15) is 38.5 Å². The van der Waals surface area contributed by atoms with Gasteiger partial charge in [0, 0.05) is 38.9 Å². The summed E-state index contributed by atoms with van der Waals surface area (Å²) in [6.07, 6.45) is 10.2. The van der Waals surface area contributed by atoms with Gasteiger partial charge in [0.2, 0.25) is 5.91 Å². The van der Waals surface area contributed by atoms with Crippen molar-refractivity contribution in [2.75, 3.05) is 39.3 Å². The Bertz CT molecular complexity index is 621. The normalized spacial score (nSPS) is 26.7. The molecule has 144 valence electrons. The largest absolute Gasteiger partial charge is 0.376 e. The molecule has 3 saturated heterocycles. The minimum Gasteiger partial charge on any atom is -0.376 e. The number of ether oxygens (including phenoxy) is 1. The summed E-state index contributed by atoms with van der Waals surface area (Å²) in [7, 11) is 0. The highest BCUT2D eigenvalue weighted by Gasteiger charge is 2.41. The number of nitrogens with zero attached hydrogens (tertiary/aromatic N) is 4. The molecule has 4 heterocycles. The van der Waals surface area contributed by atoms with Crippen LogP contribution < -0.4 is 0 Å². The first-order valence-corrected chi connectivity index (χ1v) is 10.3. The van der Waals surface area contributed by atoms with Gasteiger partial charge in [-0.15, -0.1) is 0 Å². The Morgan fingerprint density at radius 1 is 1.27 bits per heavy atom. The molecule has 1 aromatic heterocycles. The number of piperidine rings is 2. The summed E-state index contributed by atoms with van der Waals surface area (Å²) >= 11 is 5.93. The van der Waals surface area contributed by atoms with E-state index in [9.17, 15) is 4.79 Å². The van der Waals surface area contributed by atoms with Crippen molar-refractivity contribution in [3.63, 3.8) is 0 Å². The molecular weight excluding hydrogens is 352 g/mol. The number of halogens is 1. The van der Waals surface area contributed by atoms with Crippen molar-refractivity contribution in [2.24, 2.45) is 5.41 Å². The highest BCUT2D eigenvalue weighted by atomic mass is 35.5. The summed E-state index contributed by atoms with van der Waals surface area (Å²) in [5, 5.41) is 4.95. The van der Waals surface area contributed by atoms with Gasteiger partial charge >= 0.3 is 0 Å². The van der Waals surface area contributed by atoms with Crippen LogP contribution >= 0.6 is 11.6 Å². The molecule has 0 N–H and O–H groups in total. The SMILES string of the molecule is O=C1CCC2(CCN(CCn3cc(Cl)cn3)CC2)CN1C[C@@H]1CCCO1. The average Bonchev–Trinajstić information content (AvgIpc) is 3.30. The van der Waals surface area contributed by atoms with Gasteiger partial charge in [-0.1, -0.05) is 11.6 Å². The lowest BCUT2D eigenvalue weighted by molar-refractivity contribution is -0.141. The monoisotopic (exact) mass is 380 g/mol. The van der Waals surface area contributed by atoms with Gasteiger partial charge in [-0.3, -0.25) is 9.48 Å². The predicted octanol–water partition coefficient (Wildman–Crippen LogP) is 2.42. The number of likely N-dealkylation sites (tertiary alicyclic amines) is 2. The molecule has 1 amide bonds. The maximum Gasteiger partial charge on any atom is 0.222 e. The maximum atomic E-state index is 12.4. The van der Waals surface area contributed by atoms with Crippen LogP contribution in [-0.4, -0.2) is 70.9 Å². The first kappa shape index (κ1) is 18.3. The highest BCUT2D eigenvalue weighted by Crippen LogP contribution is 2.40. The zero-order valence-electron chi connectivity index (χ0n) is 15.4. The molecular formula is C19H29ClN4O2. The Balaban J connectivity index is 1.27. The van der Waals surface area contributed by atoms with Crippen LogP contribution in [0.25, 0.3) is 0 Å². The molecule has 0 unspecified atom stereocenters. The van der Waals surface area contributed by atoms with E-state index in [1.165, 1.54) is 12.8 Å². The number of amides is 1. The van der Waals surface area contributed by atoms with Gasteiger partial charge in [0.1, 0.15) is 0 Å². The molecule has 7 heteroatoms. The fourth-order valence-corrected chi connectivity index (χ4v) is 4.82. The smallest absolute Gasteiger partial charge is 0.222 e. The second-order valence-electron chi connectivity index (χ2n) is 8.17. The van der Waals surface area contributed by atoms with Crippen LogP contribution in [0.4, 0.5) is 0 Å². The highest BCUT2D eigenvalue weighted by molar-refractivity contribution is 6.30. The van der Waals surface area contributed by atoms with Gasteiger partial charge in [-0.2, -0.15) is 5.10 Å². The molecule has 1 aromatic rings. The topological polar surface area (TPSA) is 50.6 Å². The molecule has 0 aromatic carbocycles. The van der Waals surface area contributed by atoms with Gasteiger partial charge in [-0.25, -0.2) is 0 Å². The molecule has 0 saturated carbocycles. The number of rotatable bonds is 5. The Morgan fingerprint density at radius 2 is 2.12 bits per heavy atom. The first-order chi connectivity index (χ1) is 12.6. The molecule has 1 spiro atoms. The number of aromatic nitrogens is 2. The van der Waals surface area contributed by atoms with Gasteiger partial charge in [0.25, 0.3) is 0 Å². The molecule has 6 nitrogen and oxygen atoms in total. The van der Waals surface area contributed by atoms with Crippen LogP contribution in [0.2, 0.25) is 5.02 Å². The summed E-state index contributed by atoms with van der Waals surface area (Å²) in [6.45, 7) is 6.68. The second kappa shape index (κ2) is 7.87. The second-order valence-corrected chi connectivity index (χ2v) is 8.61. The van der Waals surface area contributed by atoms with Crippen LogP contribution in [0.5, 0.6) is 0 Å². The van der Waals surface area contributed by atoms with Gasteiger partial charge in [0.15, 0.2) is 0 Å². The van der Waals surface area contributed by atoms with Crippen molar-refractivity contribution in [1.29, 1.82) is 0 Å². The van der Waals surface area contributed by atoms with Crippen molar-refractivity contribution >= 4 is 17.5 Å². The molecule has 1 atom stereocenters. The van der Waals surface area contributed by atoms with E-state index in [1.807, 2.05) is 10.9 Å². The quantitative estimate of drug-likeness (QED) is 0.787. The van der Waals surface area contributed by atoms with E-state index < -0.39 is 0 Å². The maximum absolute atomic E-state index is 12.4. The van der Waals surface area contributed by atoms with Crippen molar-refractivity contribution in [3.05, 3.63) is 17.4 Å². The van der Waals surface area contributed by atoms with E-state index in [0.29, 0.717) is 22.8 Å². The third-order valence-electron chi connectivity index (χ3n) is 6.36. The Morgan fingerprint density at radius 3 is 2.81 bits per heavy atom. The minimum atomic E-state index is 0.259. The first-order valence-electron chi connectivity index (χ1n) is 9.92. The van der Waals surface area contributed by atoms with Crippen LogP contribution in [0, 0.1) is 5.41 Å². The zero-order chi connectivity index (χ0) is 18.0. The van der Waals surface area contributed by atoms with Crippen molar-refractivity contribution in [3.8, 4) is 0 Å². The number of carbonyl (C=O) groups excluding carboxylic acids is 1. The summed E-state index contributed by atoms with van der Waals surface area (Å²) < 4.78 is 7.66. The Kier molecular flexibility index (Phi) is 5.53. The van der Waals surface area contributed by atoms with Crippen molar-refractivity contribution in [1.82, 2.24) is 19.6 Å². The van der Waals surface area contributed by atoms with E-state index in [1.54, 1.807) is 6.20 Å². The molecule has 4 rings (SSSR count). The van der Waals surface area contributed by atoms with E-state index in [2.05, 4.69) is 14.9 Å². The van der Waals surface area contributed by atoms with Crippen LogP contribution in [0.3, 0.4) is 0 Å². The summed E-state index contributed by atoms with van der Waals surface area (Å²) in [5.41, 5.74) is 0.317. The number of hydrogen-bond acceptors (Lipinski definition) is 4. The third kappa shape index (κ3) is 4.24. The van der Waals surface area contributed by atoms with E-state index in [-0.39, 0.29) is 6.10 Å². The van der Waals surface area contributed by atoms with Crippen LogP contribution in [0.15, 0.2) is 12.4 Å². The lowest BCUT2D eigenvalue weighted by Crippen LogP contribution is -2.53. The zero-order valence-corrected chi connectivity index (χ0v) is 16.2. The van der Waals surface area contributed by atoms with Gasteiger partial charge < -0.3 is 14.5 Å². The fourth-order valence-electron chi connectivity index (χ4n) is 4.67. The number of carbonyl (C=O) groups is 1. The molecule has 0 aliphatic carbocycles. The molecule has 3 aliphatic rings. The third-order valence-corrected chi connectivity index (χ3v) is 6.56. The average molecular weight is 381 g/mol. The molecule has 3 fully saturated rings. The van der Waals surface area contributed by atoms with E-state index >= 15 is 0 Å². The van der Waals surface area contributed by atoms with Crippen LogP contribution in [-0.2, 0) is 16.1 Å². The summed E-state index contributed by atoms with van der Waals surface area (Å²) in [5.74, 6) is 0.323. The van der Waals surface area contributed by atoms with Crippen molar-refractivity contribution < 1.29 is 9.53 Å². The predicted molar refractivity (Wildman–Crippen MR) is 100 cm³/mol. The summed E-state index contributed by atoms with van der Waals surface area (Å²) in [6, 6.07) is 0. The fraction of sp³-hybridized carbons (Fsp3) is 0.789. The molecule has 3 aliphatic heterocycles.